The van der Waals surface area contributed by atoms with Crippen molar-refractivity contribution in [3.63, 3.8) is 0 Å². The van der Waals surface area contributed by atoms with E-state index < -0.39 is 0 Å². The summed E-state index contributed by atoms with van der Waals surface area (Å²) in [6, 6.07) is 15.1. The molecule has 0 atom stereocenters. The minimum absolute atomic E-state index is 0.0907. The fraction of sp³-hybridized carbons (Fsp3) is 0.273. The van der Waals surface area contributed by atoms with E-state index in [0.717, 1.165) is 45.7 Å². The van der Waals surface area contributed by atoms with Crippen molar-refractivity contribution in [2.75, 3.05) is 31.1 Å². The fourth-order valence-electron chi connectivity index (χ4n) is 3.40. The van der Waals surface area contributed by atoms with E-state index in [1.54, 1.807) is 35.2 Å². The average molecular weight is 426 g/mol. The van der Waals surface area contributed by atoms with Gasteiger partial charge in [0.1, 0.15) is 5.75 Å². The SMILES string of the molecule is Cc1nc(CSc2ccccc2C(=O)N2CCN(c3ccc(O)cc3)CC2)cs1. The van der Waals surface area contributed by atoms with Crippen molar-refractivity contribution in [3.8, 4) is 5.75 Å². The fourth-order valence-corrected chi connectivity index (χ4v) is 5.05. The van der Waals surface area contributed by atoms with Gasteiger partial charge in [0, 0.05) is 47.9 Å². The first-order chi connectivity index (χ1) is 14.1. The largest absolute Gasteiger partial charge is 0.508 e. The molecular weight excluding hydrogens is 402 g/mol. The number of carbonyl (C=O) groups is 1. The number of benzene rings is 2. The highest BCUT2D eigenvalue weighted by molar-refractivity contribution is 7.98. The molecule has 29 heavy (non-hydrogen) atoms. The van der Waals surface area contributed by atoms with Crippen LogP contribution in [0.4, 0.5) is 5.69 Å². The lowest BCUT2D eigenvalue weighted by atomic mass is 10.1. The maximum Gasteiger partial charge on any atom is 0.255 e. The Morgan fingerprint density at radius 3 is 2.52 bits per heavy atom. The van der Waals surface area contributed by atoms with Gasteiger partial charge in [-0.15, -0.1) is 23.1 Å². The van der Waals surface area contributed by atoms with Crippen LogP contribution < -0.4 is 4.90 Å². The summed E-state index contributed by atoms with van der Waals surface area (Å²) in [4.78, 5) is 22.9. The molecule has 1 aliphatic heterocycles. The number of rotatable bonds is 5. The number of hydrogen-bond donors (Lipinski definition) is 1. The van der Waals surface area contributed by atoms with Crippen LogP contribution in [0.15, 0.2) is 58.8 Å². The third-order valence-corrected chi connectivity index (χ3v) is 6.87. The quantitative estimate of drug-likeness (QED) is 0.614. The van der Waals surface area contributed by atoms with Gasteiger partial charge in [0.25, 0.3) is 5.91 Å². The third-order valence-electron chi connectivity index (χ3n) is 4.94. The van der Waals surface area contributed by atoms with Crippen LogP contribution in [0, 0.1) is 6.92 Å². The van der Waals surface area contributed by atoms with Gasteiger partial charge in [-0.25, -0.2) is 4.98 Å². The van der Waals surface area contributed by atoms with Gasteiger partial charge in [-0.05, 0) is 43.3 Å². The monoisotopic (exact) mass is 425 g/mol. The van der Waals surface area contributed by atoms with Crippen molar-refractivity contribution < 1.29 is 9.90 Å². The lowest BCUT2D eigenvalue weighted by molar-refractivity contribution is 0.0743. The number of amides is 1. The number of hydrogen-bond acceptors (Lipinski definition) is 6. The van der Waals surface area contributed by atoms with Crippen LogP contribution in [0.2, 0.25) is 0 Å². The molecule has 1 aliphatic rings. The maximum atomic E-state index is 13.2. The zero-order valence-electron chi connectivity index (χ0n) is 16.2. The van der Waals surface area contributed by atoms with E-state index in [9.17, 15) is 9.90 Å². The molecule has 1 saturated heterocycles. The second-order valence-electron chi connectivity index (χ2n) is 6.94. The lowest BCUT2D eigenvalue weighted by Crippen LogP contribution is -2.48. The lowest BCUT2D eigenvalue weighted by Gasteiger charge is -2.36. The van der Waals surface area contributed by atoms with Gasteiger partial charge in [0.05, 0.1) is 16.3 Å². The molecule has 2 aromatic carbocycles. The van der Waals surface area contributed by atoms with Crippen LogP contribution in [0.25, 0.3) is 0 Å². The standard InChI is InChI=1S/C22H23N3O2S2/c1-16-23-17(14-28-16)15-29-21-5-3-2-4-20(21)22(27)25-12-10-24(11-13-25)18-6-8-19(26)9-7-18/h2-9,14,26H,10-13,15H2,1H3. The first-order valence-electron chi connectivity index (χ1n) is 9.56. The predicted octanol–water partition coefficient (Wildman–Crippen LogP) is 4.41. The molecule has 0 saturated carbocycles. The molecule has 0 bridgehead atoms. The van der Waals surface area contributed by atoms with Gasteiger partial charge < -0.3 is 14.9 Å². The van der Waals surface area contributed by atoms with E-state index in [-0.39, 0.29) is 11.7 Å². The number of nitrogens with zero attached hydrogens (tertiary/aromatic N) is 3. The Bertz CT molecular complexity index is 980. The Labute approximate surface area is 179 Å². The van der Waals surface area contributed by atoms with Gasteiger partial charge in [-0.3, -0.25) is 4.79 Å². The molecule has 1 fully saturated rings. The van der Waals surface area contributed by atoms with E-state index in [2.05, 4.69) is 15.3 Å². The summed E-state index contributed by atoms with van der Waals surface area (Å²) < 4.78 is 0. The first kappa shape index (κ1) is 19.8. The van der Waals surface area contributed by atoms with Crippen molar-refractivity contribution in [2.24, 2.45) is 0 Å². The van der Waals surface area contributed by atoms with Crippen LogP contribution in [0.5, 0.6) is 5.75 Å². The van der Waals surface area contributed by atoms with Gasteiger partial charge >= 0.3 is 0 Å². The molecule has 0 spiro atoms. The summed E-state index contributed by atoms with van der Waals surface area (Å²) in [6.45, 7) is 4.94. The first-order valence-corrected chi connectivity index (χ1v) is 11.4. The second kappa shape index (κ2) is 8.88. The van der Waals surface area contributed by atoms with Gasteiger partial charge in [-0.2, -0.15) is 0 Å². The number of anilines is 1. The van der Waals surface area contributed by atoms with Crippen molar-refractivity contribution in [1.29, 1.82) is 0 Å². The summed E-state index contributed by atoms with van der Waals surface area (Å²) >= 11 is 3.32. The number of carbonyl (C=O) groups excluding carboxylic acids is 1. The number of piperazine rings is 1. The highest BCUT2D eigenvalue weighted by atomic mass is 32.2. The summed E-state index contributed by atoms with van der Waals surface area (Å²) in [5.41, 5.74) is 2.90. The molecule has 3 aromatic rings. The second-order valence-corrected chi connectivity index (χ2v) is 9.02. The number of thioether (sulfide) groups is 1. The molecule has 0 unspecified atom stereocenters. The summed E-state index contributed by atoms with van der Waals surface area (Å²) in [5, 5.41) is 12.6. The van der Waals surface area contributed by atoms with E-state index in [0.29, 0.717) is 13.1 Å². The minimum Gasteiger partial charge on any atom is -0.508 e. The average Bonchev–Trinajstić information content (AvgIpc) is 3.18. The van der Waals surface area contributed by atoms with Crippen LogP contribution in [0.1, 0.15) is 21.1 Å². The summed E-state index contributed by atoms with van der Waals surface area (Å²) in [6.07, 6.45) is 0. The van der Waals surface area contributed by atoms with Gasteiger partial charge in [0.2, 0.25) is 0 Å². The number of aromatic hydroxyl groups is 1. The zero-order chi connectivity index (χ0) is 20.2. The van der Waals surface area contributed by atoms with Gasteiger partial charge in [0.15, 0.2) is 0 Å². The van der Waals surface area contributed by atoms with Crippen LogP contribution >= 0.6 is 23.1 Å². The Kier molecular flexibility index (Phi) is 6.06. The Balaban J connectivity index is 1.40. The van der Waals surface area contributed by atoms with Crippen LogP contribution in [-0.4, -0.2) is 47.1 Å². The molecule has 1 N–H and O–H groups in total. The molecule has 1 aromatic heterocycles. The van der Waals surface area contributed by atoms with Crippen LogP contribution in [-0.2, 0) is 5.75 Å². The Hall–Kier alpha value is -2.51. The highest BCUT2D eigenvalue weighted by Crippen LogP contribution is 2.28. The molecular formula is C22H23N3O2S2. The maximum absolute atomic E-state index is 13.2. The Morgan fingerprint density at radius 2 is 1.83 bits per heavy atom. The number of thiazole rings is 1. The minimum atomic E-state index is 0.0907. The van der Waals surface area contributed by atoms with E-state index >= 15 is 0 Å². The predicted molar refractivity (Wildman–Crippen MR) is 119 cm³/mol. The molecule has 0 aliphatic carbocycles. The van der Waals surface area contributed by atoms with Crippen LogP contribution in [0.3, 0.4) is 0 Å². The normalized spacial score (nSPS) is 14.2. The number of phenols is 1. The summed E-state index contributed by atoms with van der Waals surface area (Å²) in [5.74, 6) is 1.13. The molecule has 2 heterocycles. The number of aromatic nitrogens is 1. The molecule has 1 amide bonds. The molecule has 150 valence electrons. The third kappa shape index (κ3) is 4.74. The smallest absolute Gasteiger partial charge is 0.255 e. The van der Waals surface area contributed by atoms with Crippen molar-refractivity contribution in [1.82, 2.24) is 9.88 Å². The van der Waals surface area contributed by atoms with E-state index in [4.69, 9.17) is 0 Å². The van der Waals surface area contributed by atoms with Crippen molar-refractivity contribution >= 4 is 34.7 Å². The number of phenolic OH excluding ortho intramolecular Hbond substituents is 1. The van der Waals surface area contributed by atoms with Crippen molar-refractivity contribution in [2.45, 2.75) is 17.6 Å². The van der Waals surface area contributed by atoms with E-state index in [1.165, 1.54) is 0 Å². The van der Waals surface area contributed by atoms with E-state index in [1.807, 2.05) is 48.2 Å². The van der Waals surface area contributed by atoms with Gasteiger partial charge in [-0.1, -0.05) is 12.1 Å². The molecule has 5 nitrogen and oxygen atoms in total. The van der Waals surface area contributed by atoms with Crippen molar-refractivity contribution in [3.05, 3.63) is 70.2 Å². The molecule has 0 radical (unpaired) electrons. The summed E-state index contributed by atoms with van der Waals surface area (Å²) in [7, 11) is 0. The zero-order valence-corrected chi connectivity index (χ0v) is 17.9. The number of aryl methyl sites for hydroxylation is 1. The topological polar surface area (TPSA) is 56.7 Å². The molecule has 7 heteroatoms. The molecule has 4 rings (SSSR count). The highest BCUT2D eigenvalue weighted by Gasteiger charge is 2.24. The Morgan fingerprint density at radius 1 is 1.10 bits per heavy atom.